The fourth-order valence-corrected chi connectivity index (χ4v) is 6.68. The van der Waals surface area contributed by atoms with Gasteiger partial charge in [-0.15, -0.1) is 13.2 Å². The Morgan fingerprint density at radius 3 is 2.12 bits per heavy atom. The Balaban J connectivity index is 0.00000369. The van der Waals surface area contributed by atoms with Gasteiger partial charge in [0.15, 0.2) is 8.32 Å². The SMILES string of the molecule is CCC.[B]C1C(O[Si](C)(C)C(C)(C)C)C[C@@H](C(=O)N[C@]2(C(=O)OCC)C[C@H]2C=C)N1C(=O)[C@H](CCCCCC=C)NC(=O)OC(C)(C)C. The lowest BCUT2D eigenvalue weighted by molar-refractivity contribution is -0.150. The molecule has 2 N–H and O–H groups in total. The molecule has 1 saturated carbocycles. The van der Waals surface area contributed by atoms with Gasteiger partial charge >= 0.3 is 12.1 Å². The third-order valence-electron chi connectivity index (χ3n) is 8.98. The number of unbranched alkanes of at least 4 members (excludes halogenated alkanes) is 3. The van der Waals surface area contributed by atoms with Gasteiger partial charge in [-0.2, -0.15) is 0 Å². The number of hydrogen-bond donors (Lipinski definition) is 2. The lowest BCUT2D eigenvalue weighted by Gasteiger charge is -2.40. The Labute approximate surface area is 293 Å². The fourth-order valence-electron chi connectivity index (χ4n) is 5.33. The van der Waals surface area contributed by atoms with Crippen molar-refractivity contribution >= 4 is 40.0 Å². The van der Waals surface area contributed by atoms with E-state index in [1.54, 1.807) is 33.8 Å². The van der Waals surface area contributed by atoms with Gasteiger partial charge in [0.25, 0.3) is 0 Å². The summed E-state index contributed by atoms with van der Waals surface area (Å²) >= 11 is 0. The molecule has 6 atom stereocenters. The highest BCUT2D eigenvalue weighted by molar-refractivity contribution is 6.74. The summed E-state index contributed by atoms with van der Waals surface area (Å²) in [5, 5.41) is 5.49. The number of amides is 3. The maximum atomic E-state index is 14.4. The van der Waals surface area contributed by atoms with Gasteiger partial charge in [0.05, 0.1) is 12.7 Å². The summed E-state index contributed by atoms with van der Waals surface area (Å²) in [7, 11) is 4.40. The van der Waals surface area contributed by atoms with Gasteiger partial charge in [-0.3, -0.25) is 9.59 Å². The van der Waals surface area contributed by atoms with Crippen molar-refractivity contribution in [2.24, 2.45) is 5.92 Å². The number of ether oxygens (including phenoxy) is 2. The number of hydrogen-bond acceptors (Lipinski definition) is 7. The van der Waals surface area contributed by atoms with Crippen LogP contribution in [0.4, 0.5) is 4.79 Å². The largest absolute Gasteiger partial charge is 0.464 e. The molecule has 0 aromatic rings. The summed E-state index contributed by atoms with van der Waals surface area (Å²) in [5.74, 6) is -2.82. The highest BCUT2D eigenvalue weighted by Crippen LogP contribution is 2.46. The maximum absolute atomic E-state index is 14.4. The first-order valence-corrected chi connectivity index (χ1v) is 20.5. The molecule has 48 heavy (non-hydrogen) atoms. The standard InChI is InChI=1S/C33H56BN3O7Si.C3H8/c1-12-15-16-17-18-19-23(35-30(41)43-31(4,5)6)28(39)37-24(20-25(26(37)34)44-45(10,11)32(7,8)9)27(38)36-33(21-22(33)13-2)29(40)42-14-3;1-3-2/h12-13,22-26H,1-2,14-21H2,3-11H3,(H,35,41)(H,36,38);3H2,1-2H3/t22-,23+,24+,25?,26?,33-;/m1./s1. The predicted octanol–water partition coefficient (Wildman–Crippen LogP) is 6.54. The van der Waals surface area contributed by atoms with Crippen LogP contribution in [0.3, 0.4) is 0 Å². The molecule has 272 valence electrons. The highest BCUT2D eigenvalue weighted by Gasteiger charge is 2.62. The Morgan fingerprint density at radius 1 is 1.04 bits per heavy atom. The first-order valence-electron chi connectivity index (χ1n) is 17.6. The minimum absolute atomic E-state index is 0.140. The van der Waals surface area contributed by atoms with Crippen LogP contribution in [0.15, 0.2) is 25.3 Å². The maximum Gasteiger partial charge on any atom is 0.408 e. The van der Waals surface area contributed by atoms with Crippen LogP contribution >= 0.6 is 0 Å². The summed E-state index contributed by atoms with van der Waals surface area (Å²) in [6.45, 7) is 29.4. The van der Waals surface area contributed by atoms with Crippen LogP contribution in [0.1, 0.15) is 114 Å². The normalized spacial score (nSPS) is 24.4. The molecule has 1 saturated heterocycles. The van der Waals surface area contributed by atoms with E-state index in [1.165, 1.54) is 11.3 Å². The summed E-state index contributed by atoms with van der Waals surface area (Å²) in [6, 6.07) is -2.03. The highest BCUT2D eigenvalue weighted by atomic mass is 28.4. The number of carbonyl (C=O) groups excluding carboxylic acids is 4. The van der Waals surface area contributed by atoms with Gasteiger partial charge in [-0.25, -0.2) is 9.59 Å². The van der Waals surface area contributed by atoms with Crippen molar-refractivity contribution in [3.63, 3.8) is 0 Å². The Hall–Kier alpha value is -2.60. The summed E-state index contributed by atoms with van der Waals surface area (Å²) < 4.78 is 17.4. The van der Waals surface area contributed by atoms with Crippen molar-refractivity contribution in [1.82, 2.24) is 15.5 Å². The van der Waals surface area contributed by atoms with Crippen LogP contribution in [0.2, 0.25) is 18.1 Å². The van der Waals surface area contributed by atoms with Crippen LogP contribution in [0.25, 0.3) is 0 Å². The molecule has 1 aliphatic carbocycles. The van der Waals surface area contributed by atoms with Crippen LogP contribution in [-0.2, 0) is 28.3 Å². The van der Waals surface area contributed by atoms with E-state index in [9.17, 15) is 19.2 Å². The molecule has 2 unspecified atom stereocenters. The smallest absolute Gasteiger partial charge is 0.408 e. The Morgan fingerprint density at radius 2 is 1.65 bits per heavy atom. The molecule has 1 aliphatic heterocycles. The summed E-state index contributed by atoms with van der Waals surface area (Å²) in [4.78, 5) is 55.6. The summed E-state index contributed by atoms with van der Waals surface area (Å²) in [6.07, 6.45) is 7.38. The number of alkyl carbamates (subject to hydrolysis) is 1. The number of nitrogens with zero attached hydrogens (tertiary/aromatic N) is 1. The van der Waals surface area contributed by atoms with E-state index in [2.05, 4.69) is 71.5 Å². The first kappa shape index (κ1) is 43.4. The molecule has 0 spiro atoms. The van der Waals surface area contributed by atoms with Gasteiger partial charge in [-0.05, 0) is 71.5 Å². The van der Waals surface area contributed by atoms with Gasteiger partial charge in [0.2, 0.25) is 11.8 Å². The predicted molar refractivity (Wildman–Crippen MR) is 195 cm³/mol. The minimum atomic E-state index is -2.37. The first-order chi connectivity index (χ1) is 22.2. The topological polar surface area (TPSA) is 123 Å². The fraction of sp³-hybridized carbons (Fsp3) is 0.778. The molecular formula is C36H64BN3O7Si. The molecule has 0 aromatic heterocycles. The molecule has 1 heterocycles. The van der Waals surface area contributed by atoms with Crippen molar-refractivity contribution in [3.8, 4) is 0 Å². The van der Waals surface area contributed by atoms with Crippen LogP contribution in [0.5, 0.6) is 0 Å². The van der Waals surface area contributed by atoms with Crippen LogP contribution < -0.4 is 10.6 Å². The van der Waals surface area contributed by atoms with Crippen LogP contribution in [0, 0.1) is 5.92 Å². The van der Waals surface area contributed by atoms with Gasteiger partial charge in [0, 0.05) is 18.3 Å². The van der Waals surface area contributed by atoms with Gasteiger partial charge in [-0.1, -0.05) is 66.0 Å². The zero-order valence-corrected chi connectivity index (χ0v) is 32.7. The summed E-state index contributed by atoms with van der Waals surface area (Å²) in [5.41, 5.74) is -2.02. The second kappa shape index (κ2) is 18.4. The van der Waals surface area contributed by atoms with Crippen molar-refractivity contribution in [2.75, 3.05) is 6.61 Å². The second-order valence-corrected chi connectivity index (χ2v) is 20.2. The molecule has 2 rings (SSSR count). The van der Waals surface area contributed by atoms with E-state index in [4.69, 9.17) is 21.7 Å². The molecule has 2 aliphatic rings. The third-order valence-corrected chi connectivity index (χ3v) is 13.5. The number of nitrogens with one attached hydrogen (secondary N) is 2. The Bertz CT molecular complexity index is 1120. The zero-order chi connectivity index (χ0) is 37.1. The molecule has 0 bridgehead atoms. The molecule has 0 aromatic carbocycles. The average molecular weight is 690 g/mol. The molecule has 12 heteroatoms. The van der Waals surface area contributed by atoms with E-state index >= 15 is 0 Å². The van der Waals surface area contributed by atoms with E-state index < -0.39 is 67.5 Å². The lowest BCUT2D eigenvalue weighted by Crippen LogP contribution is -2.59. The number of likely N-dealkylation sites (tertiary alicyclic amines) is 1. The molecule has 2 fully saturated rings. The molecule has 3 amide bonds. The third kappa shape index (κ3) is 12.1. The van der Waals surface area contributed by atoms with E-state index in [-0.39, 0.29) is 24.0 Å². The number of allylic oxidation sites excluding steroid dienone is 1. The van der Waals surface area contributed by atoms with E-state index in [1.807, 2.05) is 6.08 Å². The van der Waals surface area contributed by atoms with Gasteiger partial charge < -0.3 is 29.4 Å². The van der Waals surface area contributed by atoms with E-state index in [0.717, 1.165) is 19.3 Å². The van der Waals surface area contributed by atoms with Crippen molar-refractivity contribution in [2.45, 2.75) is 167 Å². The lowest BCUT2D eigenvalue weighted by atomic mass is 9.91. The van der Waals surface area contributed by atoms with Gasteiger partial charge in [0.1, 0.15) is 31.1 Å². The molecule has 2 radical (unpaired) electrons. The molecule has 10 nitrogen and oxygen atoms in total. The number of esters is 1. The quantitative estimate of drug-likeness (QED) is 0.0866. The van der Waals surface area contributed by atoms with Crippen molar-refractivity contribution in [1.29, 1.82) is 0 Å². The van der Waals surface area contributed by atoms with Crippen LogP contribution in [-0.4, -0.2) is 86.8 Å². The van der Waals surface area contributed by atoms with Crippen molar-refractivity contribution < 1.29 is 33.1 Å². The number of carbonyl (C=O) groups is 4. The average Bonchev–Trinajstić information content (AvgIpc) is 3.58. The number of rotatable bonds is 15. The zero-order valence-electron chi connectivity index (χ0n) is 31.7. The Kier molecular flexibility index (Phi) is 16.7. The minimum Gasteiger partial charge on any atom is -0.464 e. The monoisotopic (exact) mass is 689 g/mol. The van der Waals surface area contributed by atoms with E-state index in [0.29, 0.717) is 19.3 Å². The molecular weight excluding hydrogens is 625 g/mol. The second-order valence-electron chi connectivity index (χ2n) is 15.5. The van der Waals surface area contributed by atoms with Crippen molar-refractivity contribution in [3.05, 3.63) is 25.3 Å².